The average Bonchev–Trinajstić information content (AvgIpc) is 1.69. The lowest BCUT2D eigenvalue weighted by molar-refractivity contribution is 0.328. The molecule has 1 nitrogen and oxygen atoms in total. The minimum atomic E-state index is 0.642. The van der Waals surface area contributed by atoms with E-state index in [4.69, 9.17) is 11.6 Å². The first-order valence-corrected chi connectivity index (χ1v) is 3.03. The standard InChI is InChI=1S/C4H7ClOS/c5-2-1-3-6-4-7/h4H,1-3H2. The quantitative estimate of drug-likeness (QED) is 0.332. The number of hydrogen-bond acceptors (Lipinski definition) is 2. The van der Waals surface area contributed by atoms with Gasteiger partial charge in [-0.25, -0.2) is 0 Å². The molecule has 0 atom stereocenters. The zero-order valence-corrected chi connectivity index (χ0v) is 5.47. The number of hydrogen-bond donors (Lipinski definition) is 0. The van der Waals surface area contributed by atoms with Gasteiger partial charge < -0.3 is 4.74 Å². The highest BCUT2D eigenvalue weighted by atomic mass is 35.5. The highest BCUT2D eigenvalue weighted by Gasteiger charge is 1.78. The van der Waals surface area contributed by atoms with Crippen molar-refractivity contribution in [2.24, 2.45) is 0 Å². The molecule has 0 aromatic carbocycles. The van der Waals surface area contributed by atoms with Crippen molar-refractivity contribution in [2.75, 3.05) is 12.5 Å². The van der Waals surface area contributed by atoms with Gasteiger partial charge in [0.2, 0.25) is 0 Å². The summed E-state index contributed by atoms with van der Waals surface area (Å²) in [6.07, 6.45) is 0.870. The Morgan fingerprint density at radius 1 is 1.71 bits per heavy atom. The van der Waals surface area contributed by atoms with Crippen molar-refractivity contribution in [1.29, 1.82) is 0 Å². The Morgan fingerprint density at radius 2 is 2.43 bits per heavy atom. The Bertz CT molecular complexity index is 49.0. The van der Waals surface area contributed by atoms with E-state index >= 15 is 0 Å². The molecule has 0 radical (unpaired) electrons. The average molecular weight is 139 g/mol. The third-order valence-electron chi connectivity index (χ3n) is 0.464. The van der Waals surface area contributed by atoms with Crippen LogP contribution in [0.15, 0.2) is 0 Å². The SMILES string of the molecule is S=COCCCCl. The molecule has 0 N–H and O–H groups in total. The number of halogens is 1. The van der Waals surface area contributed by atoms with Crippen LogP contribution < -0.4 is 0 Å². The number of alkyl halides is 1. The first kappa shape index (κ1) is 7.18. The fourth-order valence-electron chi connectivity index (χ4n) is 0.186. The Balaban J connectivity index is 2.56. The van der Waals surface area contributed by atoms with Crippen LogP contribution in [0, 0.1) is 0 Å². The summed E-state index contributed by atoms with van der Waals surface area (Å²) in [7, 11) is 0. The van der Waals surface area contributed by atoms with Gasteiger partial charge in [0.1, 0.15) is 5.55 Å². The molecule has 42 valence electrons. The van der Waals surface area contributed by atoms with Gasteiger partial charge in [-0.3, -0.25) is 0 Å². The van der Waals surface area contributed by atoms with Gasteiger partial charge in [0.15, 0.2) is 0 Å². The van der Waals surface area contributed by atoms with E-state index in [1.807, 2.05) is 0 Å². The Kier molecular flexibility index (Phi) is 6.34. The van der Waals surface area contributed by atoms with Crippen LogP contribution in [0.2, 0.25) is 0 Å². The van der Waals surface area contributed by atoms with Gasteiger partial charge >= 0.3 is 0 Å². The molecule has 0 saturated carbocycles. The second-order valence-corrected chi connectivity index (χ2v) is 1.58. The van der Waals surface area contributed by atoms with Gasteiger partial charge in [-0.15, -0.1) is 11.6 Å². The predicted molar refractivity (Wildman–Crippen MR) is 34.9 cm³/mol. The van der Waals surface area contributed by atoms with Crippen LogP contribution >= 0.6 is 23.8 Å². The predicted octanol–water partition coefficient (Wildman–Crippen LogP) is 1.59. The molecule has 0 aromatic heterocycles. The van der Waals surface area contributed by atoms with Crippen molar-refractivity contribution in [3.05, 3.63) is 0 Å². The van der Waals surface area contributed by atoms with Gasteiger partial charge in [0.05, 0.1) is 6.61 Å². The zero-order valence-electron chi connectivity index (χ0n) is 3.89. The van der Waals surface area contributed by atoms with Crippen molar-refractivity contribution in [3.8, 4) is 0 Å². The summed E-state index contributed by atoms with van der Waals surface area (Å²) in [6.45, 7) is 0.646. The summed E-state index contributed by atoms with van der Waals surface area (Å²) in [6, 6.07) is 0. The minimum Gasteiger partial charge on any atom is -0.490 e. The summed E-state index contributed by atoms with van der Waals surface area (Å²) < 4.78 is 4.68. The summed E-state index contributed by atoms with van der Waals surface area (Å²) in [5.74, 6) is 0.642. The number of rotatable bonds is 4. The summed E-state index contributed by atoms with van der Waals surface area (Å²) in [4.78, 5) is 0. The molecular weight excluding hydrogens is 132 g/mol. The number of ether oxygens (including phenoxy) is 1. The molecule has 0 heterocycles. The molecule has 0 saturated heterocycles. The summed E-state index contributed by atoms with van der Waals surface area (Å²) >= 11 is 9.68. The van der Waals surface area contributed by atoms with E-state index in [-0.39, 0.29) is 0 Å². The Labute approximate surface area is 53.6 Å². The van der Waals surface area contributed by atoms with Gasteiger partial charge in [-0.2, -0.15) is 0 Å². The number of thiocarbonyl (C=S) groups is 1. The second-order valence-electron chi connectivity index (χ2n) is 1.01. The molecule has 7 heavy (non-hydrogen) atoms. The summed E-state index contributed by atoms with van der Waals surface area (Å²) in [5, 5.41) is 0. The van der Waals surface area contributed by atoms with Crippen molar-refractivity contribution in [3.63, 3.8) is 0 Å². The minimum absolute atomic E-state index is 0.642. The molecule has 0 rings (SSSR count). The molecule has 0 fully saturated rings. The van der Waals surface area contributed by atoms with Gasteiger partial charge in [-0.05, 0) is 18.6 Å². The van der Waals surface area contributed by atoms with E-state index in [0.717, 1.165) is 6.42 Å². The molecular formula is C4H7ClOS. The lowest BCUT2D eigenvalue weighted by Gasteiger charge is -1.91. The van der Waals surface area contributed by atoms with Gasteiger partial charge in [0, 0.05) is 5.88 Å². The van der Waals surface area contributed by atoms with Crippen LogP contribution in [0.3, 0.4) is 0 Å². The normalized spacial score (nSPS) is 8.14. The molecule has 0 bridgehead atoms. The fourth-order valence-corrected chi connectivity index (χ4v) is 0.391. The highest BCUT2D eigenvalue weighted by molar-refractivity contribution is 7.78. The smallest absolute Gasteiger partial charge is 0.146 e. The first-order valence-electron chi connectivity index (χ1n) is 2.03. The maximum Gasteiger partial charge on any atom is 0.146 e. The Morgan fingerprint density at radius 3 is 2.86 bits per heavy atom. The lowest BCUT2D eigenvalue weighted by atomic mass is 10.5. The van der Waals surface area contributed by atoms with Crippen LogP contribution in [-0.2, 0) is 4.74 Å². The van der Waals surface area contributed by atoms with Crippen LogP contribution in [-0.4, -0.2) is 18.0 Å². The largest absolute Gasteiger partial charge is 0.490 e. The molecule has 0 aromatic rings. The highest BCUT2D eigenvalue weighted by Crippen LogP contribution is 1.82. The first-order chi connectivity index (χ1) is 3.41. The molecule has 0 aliphatic heterocycles. The molecule has 0 unspecified atom stereocenters. The van der Waals surface area contributed by atoms with E-state index < -0.39 is 0 Å². The van der Waals surface area contributed by atoms with Gasteiger partial charge in [0.25, 0.3) is 0 Å². The third kappa shape index (κ3) is 6.18. The lowest BCUT2D eigenvalue weighted by Crippen LogP contribution is -1.89. The van der Waals surface area contributed by atoms with Crippen molar-refractivity contribution >= 4 is 29.4 Å². The topological polar surface area (TPSA) is 9.23 Å². The van der Waals surface area contributed by atoms with Crippen LogP contribution in [0.5, 0.6) is 0 Å². The maximum absolute atomic E-state index is 5.31. The Hall–Kier alpha value is 0.180. The monoisotopic (exact) mass is 138 g/mol. The van der Waals surface area contributed by atoms with E-state index in [9.17, 15) is 0 Å². The maximum atomic E-state index is 5.31. The van der Waals surface area contributed by atoms with Crippen LogP contribution in [0.4, 0.5) is 0 Å². The molecule has 0 spiro atoms. The van der Waals surface area contributed by atoms with Crippen molar-refractivity contribution < 1.29 is 4.74 Å². The van der Waals surface area contributed by atoms with Gasteiger partial charge in [-0.1, -0.05) is 0 Å². The van der Waals surface area contributed by atoms with Crippen molar-refractivity contribution in [2.45, 2.75) is 6.42 Å². The van der Waals surface area contributed by atoms with Crippen molar-refractivity contribution in [1.82, 2.24) is 0 Å². The van der Waals surface area contributed by atoms with E-state index in [1.54, 1.807) is 0 Å². The molecule has 0 amide bonds. The van der Waals surface area contributed by atoms with Crippen LogP contribution in [0.25, 0.3) is 0 Å². The zero-order chi connectivity index (χ0) is 5.54. The molecule has 3 heteroatoms. The molecule has 0 aliphatic carbocycles. The van der Waals surface area contributed by atoms with E-state index in [1.165, 1.54) is 5.55 Å². The van der Waals surface area contributed by atoms with E-state index in [0.29, 0.717) is 12.5 Å². The van der Waals surface area contributed by atoms with Crippen LogP contribution in [0.1, 0.15) is 6.42 Å². The van der Waals surface area contributed by atoms with E-state index in [2.05, 4.69) is 17.0 Å². The second kappa shape index (κ2) is 6.18. The summed E-state index contributed by atoms with van der Waals surface area (Å²) in [5.41, 5.74) is 1.26. The third-order valence-corrected chi connectivity index (χ3v) is 0.867. The molecule has 0 aliphatic rings. The fraction of sp³-hybridized carbons (Fsp3) is 0.750.